The van der Waals surface area contributed by atoms with E-state index in [0.29, 0.717) is 17.5 Å². The highest BCUT2D eigenvalue weighted by Crippen LogP contribution is 2.31. The fourth-order valence-electron chi connectivity index (χ4n) is 2.29. The summed E-state index contributed by atoms with van der Waals surface area (Å²) in [4.78, 5) is 2.53. The predicted octanol–water partition coefficient (Wildman–Crippen LogP) is 3.81. The molecule has 1 unspecified atom stereocenters. The highest BCUT2D eigenvalue weighted by molar-refractivity contribution is 4.96. The minimum absolute atomic E-state index is 0.388. The normalized spacial score (nSPS) is 24.1. The molecule has 1 heteroatoms. The van der Waals surface area contributed by atoms with Crippen LogP contribution in [-0.2, 0) is 0 Å². The monoisotopic (exact) mass is 195 g/mol. The maximum absolute atomic E-state index is 2.53. The van der Waals surface area contributed by atoms with Crippen molar-refractivity contribution in [2.75, 3.05) is 0 Å². The van der Waals surface area contributed by atoms with Crippen LogP contribution in [0.1, 0.15) is 53.9 Å². The average Bonchev–Trinajstić information content (AvgIpc) is 2.26. The Morgan fingerprint density at radius 3 is 2.43 bits per heavy atom. The Bertz CT molecular complexity index is 198. The van der Waals surface area contributed by atoms with Gasteiger partial charge in [-0.15, -0.1) is 0 Å². The number of hydrogen-bond acceptors (Lipinski definition) is 1. The Morgan fingerprint density at radius 2 is 1.93 bits per heavy atom. The van der Waals surface area contributed by atoms with Crippen LogP contribution in [0, 0.1) is 5.41 Å². The topological polar surface area (TPSA) is 3.24 Å². The minimum Gasteiger partial charge on any atom is -0.372 e. The standard InChI is InChI=1S/C13H25N/c1-11(2)14-10-8-6-7-9-12(14)13(3,4)5/h8,10-12H,6-7,9H2,1-5H3. The van der Waals surface area contributed by atoms with Crippen molar-refractivity contribution in [1.82, 2.24) is 4.90 Å². The summed E-state index contributed by atoms with van der Waals surface area (Å²) in [6.45, 7) is 11.6. The van der Waals surface area contributed by atoms with Gasteiger partial charge in [-0.2, -0.15) is 0 Å². The summed E-state index contributed by atoms with van der Waals surface area (Å²) in [5.41, 5.74) is 0.388. The van der Waals surface area contributed by atoms with Crippen LogP contribution < -0.4 is 0 Å². The molecule has 1 heterocycles. The molecule has 1 rings (SSSR count). The molecule has 0 saturated carbocycles. The second kappa shape index (κ2) is 4.37. The summed E-state index contributed by atoms with van der Waals surface area (Å²) in [6, 6.07) is 1.31. The first-order valence-electron chi connectivity index (χ1n) is 5.87. The van der Waals surface area contributed by atoms with Crippen LogP contribution in [0.15, 0.2) is 12.3 Å². The molecular formula is C13H25N. The van der Waals surface area contributed by atoms with E-state index in [1.54, 1.807) is 0 Å². The molecular weight excluding hydrogens is 170 g/mol. The van der Waals surface area contributed by atoms with Crippen molar-refractivity contribution < 1.29 is 0 Å². The van der Waals surface area contributed by atoms with Crippen molar-refractivity contribution in [3.63, 3.8) is 0 Å². The van der Waals surface area contributed by atoms with Crippen LogP contribution in [0.25, 0.3) is 0 Å². The Morgan fingerprint density at radius 1 is 1.29 bits per heavy atom. The Hall–Kier alpha value is -0.460. The van der Waals surface area contributed by atoms with E-state index in [0.717, 1.165) is 0 Å². The third-order valence-electron chi connectivity index (χ3n) is 3.08. The molecule has 0 fully saturated rings. The molecule has 0 N–H and O–H groups in total. The molecule has 1 aliphatic heterocycles. The zero-order chi connectivity index (χ0) is 10.8. The van der Waals surface area contributed by atoms with Crippen molar-refractivity contribution in [2.45, 2.75) is 66.0 Å². The summed E-state index contributed by atoms with van der Waals surface area (Å²) < 4.78 is 0. The summed E-state index contributed by atoms with van der Waals surface area (Å²) >= 11 is 0. The van der Waals surface area contributed by atoms with Crippen LogP contribution >= 0.6 is 0 Å². The third kappa shape index (κ3) is 2.76. The average molecular weight is 195 g/mol. The molecule has 1 atom stereocenters. The number of hydrogen-bond donors (Lipinski definition) is 0. The zero-order valence-corrected chi connectivity index (χ0v) is 10.4. The fourth-order valence-corrected chi connectivity index (χ4v) is 2.29. The lowest BCUT2D eigenvalue weighted by molar-refractivity contribution is 0.113. The SMILES string of the molecule is CC(C)N1C=CCCCC1C(C)(C)C. The van der Waals surface area contributed by atoms with E-state index in [-0.39, 0.29) is 0 Å². The highest BCUT2D eigenvalue weighted by Gasteiger charge is 2.30. The quantitative estimate of drug-likeness (QED) is 0.615. The molecule has 0 aromatic carbocycles. The van der Waals surface area contributed by atoms with Gasteiger partial charge in [0.05, 0.1) is 0 Å². The molecule has 0 bridgehead atoms. The first kappa shape index (κ1) is 11.6. The smallest absolute Gasteiger partial charge is 0.0335 e. The van der Waals surface area contributed by atoms with E-state index in [1.807, 2.05) is 0 Å². The third-order valence-corrected chi connectivity index (χ3v) is 3.08. The minimum atomic E-state index is 0.388. The Labute approximate surface area is 89.2 Å². The van der Waals surface area contributed by atoms with Crippen molar-refractivity contribution in [2.24, 2.45) is 5.41 Å². The van der Waals surface area contributed by atoms with Crippen LogP contribution in [0.5, 0.6) is 0 Å². The largest absolute Gasteiger partial charge is 0.372 e. The number of nitrogens with zero attached hydrogens (tertiary/aromatic N) is 1. The maximum atomic E-state index is 2.53. The molecule has 0 spiro atoms. The molecule has 1 nitrogen and oxygen atoms in total. The van der Waals surface area contributed by atoms with Crippen molar-refractivity contribution in [1.29, 1.82) is 0 Å². The summed E-state index contributed by atoms with van der Waals surface area (Å²) in [5, 5.41) is 0. The second-order valence-corrected chi connectivity index (χ2v) is 5.74. The molecule has 0 amide bonds. The molecule has 82 valence electrons. The van der Waals surface area contributed by atoms with Gasteiger partial charge >= 0.3 is 0 Å². The molecule has 0 saturated heterocycles. The van der Waals surface area contributed by atoms with Crippen LogP contribution in [0.2, 0.25) is 0 Å². The van der Waals surface area contributed by atoms with Gasteiger partial charge in [-0.05, 0) is 44.7 Å². The Kier molecular flexibility index (Phi) is 3.63. The van der Waals surface area contributed by atoms with Gasteiger partial charge < -0.3 is 4.90 Å². The van der Waals surface area contributed by atoms with E-state index in [9.17, 15) is 0 Å². The first-order valence-corrected chi connectivity index (χ1v) is 5.87. The molecule has 0 aliphatic carbocycles. The van der Waals surface area contributed by atoms with Gasteiger partial charge in [0.2, 0.25) is 0 Å². The fraction of sp³-hybridized carbons (Fsp3) is 0.846. The lowest BCUT2D eigenvalue weighted by atomic mass is 9.82. The van der Waals surface area contributed by atoms with E-state index in [4.69, 9.17) is 0 Å². The van der Waals surface area contributed by atoms with Crippen LogP contribution in [0.4, 0.5) is 0 Å². The highest BCUT2D eigenvalue weighted by atomic mass is 15.2. The lowest BCUT2D eigenvalue weighted by Crippen LogP contribution is -2.43. The number of allylic oxidation sites excluding steroid dienone is 1. The van der Waals surface area contributed by atoms with Gasteiger partial charge in [0.15, 0.2) is 0 Å². The van der Waals surface area contributed by atoms with Gasteiger partial charge in [0, 0.05) is 12.1 Å². The summed E-state index contributed by atoms with van der Waals surface area (Å²) in [6.07, 6.45) is 8.55. The molecule has 1 aliphatic rings. The first-order chi connectivity index (χ1) is 6.43. The molecule has 0 aromatic rings. The maximum Gasteiger partial charge on any atom is 0.0335 e. The summed E-state index contributed by atoms with van der Waals surface area (Å²) in [7, 11) is 0. The Balaban J connectivity index is 2.82. The summed E-state index contributed by atoms with van der Waals surface area (Å²) in [5.74, 6) is 0. The van der Waals surface area contributed by atoms with Gasteiger partial charge in [-0.3, -0.25) is 0 Å². The molecule has 0 radical (unpaired) electrons. The van der Waals surface area contributed by atoms with Crippen molar-refractivity contribution in [3.05, 3.63) is 12.3 Å². The van der Waals surface area contributed by atoms with Gasteiger partial charge in [0.1, 0.15) is 0 Å². The van der Waals surface area contributed by atoms with E-state index in [1.165, 1.54) is 19.3 Å². The van der Waals surface area contributed by atoms with E-state index in [2.05, 4.69) is 51.8 Å². The number of rotatable bonds is 1. The predicted molar refractivity (Wildman–Crippen MR) is 63.2 cm³/mol. The second-order valence-electron chi connectivity index (χ2n) is 5.74. The molecule has 0 aromatic heterocycles. The lowest BCUT2D eigenvalue weighted by Gasteiger charge is -2.41. The van der Waals surface area contributed by atoms with E-state index >= 15 is 0 Å². The van der Waals surface area contributed by atoms with Gasteiger partial charge in [-0.25, -0.2) is 0 Å². The zero-order valence-electron chi connectivity index (χ0n) is 10.4. The van der Waals surface area contributed by atoms with E-state index < -0.39 is 0 Å². The van der Waals surface area contributed by atoms with Crippen molar-refractivity contribution in [3.8, 4) is 0 Å². The van der Waals surface area contributed by atoms with Gasteiger partial charge in [0.25, 0.3) is 0 Å². The van der Waals surface area contributed by atoms with Crippen LogP contribution in [-0.4, -0.2) is 17.0 Å². The van der Waals surface area contributed by atoms with Crippen molar-refractivity contribution >= 4 is 0 Å². The van der Waals surface area contributed by atoms with Gasteiger partial charge in [-0.1, -0.05) is 26.8 Å². The molecule has 14 heavy (non-hydrogen) atoms. The van der Waals surface area contributed by atoms with Crippen LogP contribution in [0.3, 0.4) is 0 Å².